The van der Waals surface area contributed by atoms with Gasteiger partial charge in [-0.25, -0.2) is 4.98 Å². The Morgan fingerprint density at radius 2 is 1.94 bits per heavy atom. The number of piperidine rings is 3. The van der Waals surface area contributed by atoms with Crippen LogP contribution in [0.3, 0.4) is 0 Å². The lowest BCUT2D eigenvalue weighted by molar-refractivity contribution is -0.0492. The predicted octanol–water partition coefficient (Wildman–Crippen LogP) is 6.34. The first-order valence-electron chi connectivity index (χ1n) is 12.8. The monoisotopic (exact) mass is 467 g/mol. The zero-order valence-electron chi connectivity index (χ0n) is 20.8. The first kappa shape index (κ1) is 22.3. The van der Waals surface area contributed by atoms with Gasteiger partial charge in [0.15, 0.2) is 0 Å². The van der Waals surface area contributed by atoms with Crippen molar-refractivity contribution in [3.63, 3.8) is 0 Å². The Labute approximate surface area is 207 Å². The summed E-state index contributed by atoms with van der Waals surface area (Å²) in [6.45, 7) is 6.76. The second kappa shape index (κ2) is 9.12. The van der Waals surface area contributed by atoms with E-state index in [1.54, 1.807) is 7.11 Å². The zero-order valence-corrected chi connectivity index (χ0v) is 20.8. The van der Waals surface area contributed by atoms with Gasteiger partial charge in [0.1, 0.15) is 11.9 Å². The number of nitrogens with zero attached hydrogens (tertiary/aromatic N) is 3. The van der Waals surface area contributed by atoms with Gasteiger partial charge in [-0.2, -0.15) is 0 Å². The maximum absolute atomic E-state index is 6.91. The average Bonchev–Trinajstić information content (AvgIpc) is 2.91. The number of hydrogen-bond acceptors (Lipinski definition) is 5. The molecular weight excluding hydrogens is 434 g/mol. The van der Waals surface area contributed by atoms with E-state index < -0.39 is 0 Å². The van der Waals surface area contributed by atoms with Crippen molar-refractivity contribution in [1.29, 1.82) is 0 Å². The molecule has 0 radical (unpaired) electrons. The Kier molecular flexibility index (Phi) is 5.81. The number of pyridine rings is 2. The third-order valence-corrected chi connectivity index (χ3v) is 8.25. The van der Waals surface area contributed by atoms with Gasteiger partial charge in [-0.15, -0.1) is 0 Å². The standard InChI is InChI=1S/C30H33N3O2/c1-4-20-18-33-14-12-21(20)16-28(33)30(24-11-13-31-26-10-9-22(34-3)17-25(24)26)35-29-15-19(2)23-7-5-6-8-27(23)32-29/h5-11,13,15,17,20-21,28,30H,4,12,14,16,18H2,1-3H3/t20?,21?,28?,30-/m1/s1. The van der Waals surface area contributed by atoms with Crippen molar-refractivity contribution in [3.8, 4) is 11.6 Å². The Bertz CT molecular complexity index is 1370. The summed E-state index contributed by atoms with van der Waals surface area (Å²) in [6.07, 6.45) is 5.47. The largest absolute Gasteiger partial charge is 0.497 e. The summed E-state index contributed by atoms with van der Waals surface area (Å²) in [5, 5.41) is 2.26. The number of aromatic nitrogens is 2. The molecule has 5 heterocycles. The van der Waals surface area contributed by atoms with Crippen LogP contribution < -0.4 is 9.47 Å². The summed E-state index contributed by atoms with van der Waals surface area (Å²) in [6, 6.07) is 18.9. The fourth-order valence-corrected chi connectivity index (χ4v) is 6.34. The highest BCUT2D eigenvalue weighted by molar-refractivity contribution is 5.84. The van der Waals surface area contributed by atoms with Gasteiger partial charge in [-0.05, 0) is 74.0 Å². The summed E-state index contributed by atoms with van der Waals surface area (Å²) in [4.78, 5) is 12.2. The number of aryl methyl sites for hydroxylation is 1. The highest BCUT2D eigenvalue weighted by atomic mass is 16.5. The molecule has 7 rings (SSSR count). The number of fused-ring (bicyclic) bond motifs is 5. The van der Waals surface area contributed by atoms with Crippen LogP contribution in [0.1, 0.15) is 43.4 Å². The minimum Gasteiger partial charge on any atom is -0.497 e. The fourth-order valence-electron chi connectivity index (χ4n) is 6.34. The molecule has 0 spiro atoms. The minimum atomic E-state index is -0.138. The van der Waals surface area contributed by atoms with Crippen LogP contribution >= 0.6 is 0 Å². The predicted molar refractivity (Wildman–Crippen MR) is 140 cm³/mol. The van der Waals surface area contributed by atoms with E-state index in [2.05, 4.69) is 60.1 Å². The molecule has 180 valence electrons. The molecule has 0 aliphatic carbocycles. The van der Waals surface area contributed by atoms with Crippen LogP contribution in [0, 0.1) is 18.8 Å². The number of methoxy groups -OCH3 is 1. The van der Waals surface area contributed by atoms with E-state index in [-0.39, 0.29) is 6.10 Å². The third kappa shape index (κ3) is 4.02. The zero-order chi connectivity index (χ0) is 23.9. The molecule has 5 heteroatoms. The van der Waals surface area contributed by atoms with Crippen LogP contribution in [0.25, 0.3) is 21.8 Å². The molecule has 4 unspecified atom stereocenters. The second-order valence-corrected chi connectivity index (χ2v) is 10.1. The number of benzene rings is 2. The molecular formula is C30H33N3O2. The summed E-state index contributed by atoms with van der Waals surface area (Å²) in [5.74, 6) is 3.07. The lowest BCUT2D eigenvalue weighted by Crippen LogP contribution is -2.56. The maximum Gasteiger partial charge on any atom is 0.214 e. The maximum atomic E-state index is 6.91. The van der Waals surface area contributed by atoms with Gasteiger partial charge in [-0.1, -0.05) is 31.5 Å². The van der Waals surface area contributed by atoms with E-state index in [4.69, 9.17) is 14.5 Å². The topological polar surface area (TPSA) is 47.5 Å². The van der Waals surface area contributed by atoms with Crippen LogP contribution in [-0.4, -0.2) is 41.1 Å². The Balaban J connectivity index is 1.46. The fraction of sp³-hybridized carbons (Fsp3) is 0.400. The van der Waals surface area contributed by atoms with E-state index in [1.807, 2.05) is 24.4 Å². The smallest absolute Gasteiger partial charge is 0.214 e. The normalized spacial score (nSPS) is 24.5. The first-order chi connectivity index (χ1) is 17.1. The molecule has 2 aromatic heterocycles. The molecule has 2 bridgehead atoms. The van der Waals surface area contributed by atoms with Gasteiger partial charge in [0.25, 0.3) is 0 Å². The van der Waals surface area contributed by atoms with Gasteiger partial charge in [0.05, 0.1) is 24.2 Å². The quantitative estimate of drug-likeness (QED) is 0.331. The van der Waals surface area contributed by atoms with Gasteiger partial charge >= 0.3 is 0 Å². The summed E-state index contributed by atoms with van der Waals surface area (Å²) >= 11 is 0. The number of ether oxygens (including phenoxy) is 2. The molecule has 2 aromatic carbocycles. The molecule has 0 amide bonds. The number of para-hydroxylation sites is 1. The highest BCUT2D eigenvalue weighted by Gasteiger charge is 2.44. The van der Waals surface area contributed by atoms with Crippen LogP contribution in [0.15, 0.2) is 60.8 Å². The van der Waals surface area contributed by atoms with Gasteiger partial charge < -0.3 is 9.47 Å². The molecule has 0 N–H and O–H groups in total. The summed E-state index contributed by atoms with van der Waals surface area (Å²) in [5.41, 5.74) is 4.27. The molecule has 0 saturated carbocycles. The minimum absolute atomic E-state index is 0.138. The van der Waals surface area contributed by atoms with E-state index in [0.717, 1.165) is 59.1 Å². The molecule has 3 aliphatic heterocycles. The molecule has 4 aromatic rings. The lowest BCUT2D eigenvalue weighted by Gasteiger charge is -2.51. The van der Waals surface area contributed by atoms with Crippen molar-refractivity contribution in [3.05, 3.63) is 71.9 Å². The second-order valence-electron chi connectivity index (χ2n) is 10.1. The van der Waals surface area contributed by atoms with E-state index in [0.29, 0.717) is 11.9 Å². The van der Waals surface area contributed by atoms with Crippen LogP contribution in [0.2, 0.25) is 0 Å². The van der Waals surface area contributed by atoms with E-state index in [9.17, 15) is 0 Å². The number of hydrogen-bond donors (Lipinski definition) is 0. The Morgan fingerprint density at radius 3 is 2.74 bits per heavy atom. The SMILES string of the molecule is CCC1CN2CCC1CC2[C@H](Oc1cc(C)c2ccccc2n1)c1ccnc2ccc(OC)cc12. The molecule has 3 fully saturated rings. The van der Waals surface area contributed by atoms with Crippen molar-refractivity contribution < 1.29 is 9.47 Å². The highest BCUT2D eigenvalue weighted by Crippen LogP contribution is 2.44. The van der Waals surface area contributed by atoms with Crippen molar-refractivity contribution >= 4 is 21.8 Å². The van der Waals surface area contributed by atoms with E-state index in [1.165, 1.54) is 23.8 Å². The molecule has 3 aliphatic rings. The average molecular weight is 468 g/mol. The van der Waals surface area contributed by atoms with Crippen LogP contribution in [0.4, 0.5) is 0 Å². The van der Waals surface area contributed by atoms with Gasteiger partial charge in [0, 0.05) is 35.1 Å². The summed E-state index contributed by atoms with van der Waals surface area (Å²) in [7, 11) is 1.71. The lowest BCUT2D eigenvalue weighted by atomic mass is 9.72. The van der Waals surface area contributed by atoms with Crippen molar-refractivity contribution in [1.82, 2.24) is 14.9 Å². The Hall–Kier alpha value is -3.18. The Morgan fingerprint density at radius 1 is 1.06 bits per heavy atom. The summed E-state index contributed by atoms with van der Waals surface area (Å²) < 4.78 is 12.5. The third-order valence-electron chi connectivity index (χ3n) is 8.25. The molecule has 35 heavy (non-hydrogen) atoms. The van der Waals surface area contributed by atoms with Crippen LogP contribution in [0.5, 0.6) is 11.6 Å². The number of rotatable bonds is 6. The van der Waals surface area contributed by atoms with Crippen molar-refractivity contribution in [2.45, 2.75) is 45.3 Å². The molecule has 5 atom stereocenters. The molecule has 3 saturated heterocycles. The van der Waals surface area contributed by atoms with E-state index >= 15 is 0 Å². The van der Waals surface area contributed by atoms with Crippen molar-refractivity contribution in [2.24, 2.45) is 11.8 Å². The van der Waals surface area contributed by atoms with Crippen LogP contribution in [-0.2, 0) is 0 Å². The molecule has 5 nitrogen and oxygen atoms in total. The van der Waals surface area contributed by atoms with Crippen molar-refractivity contribution in [2.75, 3.05) is 20.2 Å². The first-order valence-corrected chi connectivity index (χ1v) is 12.8. The van der Waals surface area contributed by atoms with Gasteiger partial charge in [-0.3, -0.25) is 9.88 Å². The van der Waals surface area contributed by atoms with Gasteiger partial charge in [0.2, 0.25) is 5.88 Å².